The summed E-state index contributed by atoms with van der Waals surface area (Å²) in [5.41, 5.74) is 3.06. The Hall–Kier alpha value is -1.97. The summed E-state index contributed by atoms with van der Waals surface area (Å²) in [5.74, 6) is 0.562. The van der Waals surface area contributed by atoms with Gasteiger partial charge in [0, 0.05) is 5.56 Å². The zero-order chi connectivity index (χ0) is 15.8. The average molecular weight is 285 g/mol. The molecule has 0 saturated heterocycles. The molecule has 0 bridgehead atoms. The van der Waals surface area contributed by atoms with E-state index in [4.69, 9.17) is 0 Å². The molecule has 1 aromatic carbocycles. The van der Waals surface area contributed by atoms with Crippen LogP contribution in [0.2, 0.25) is 0 Å². The first kappa shape index (κ1) is 15.4. The van der Waals surface area contributed by atoms with Gasteiger partial charge in [0.25, 0.3) is 0 Å². The van der Waals surface area contributed by atoms with Crippen LogP contribution < -0.4 is 5.69 Å². The highest BCUT2D eigenvalue weighted by Crippen LogP contribution is 2.32. The van der Waals surface area contributed by atoms with E-state index >= 15 is 0 Å². The molecule has 21 heavy (non-hydrogen) atoms. The van der Waals surface area contributed by atoms with Gasteiger partial charge in [-0.3, -0.25) is 4.98 Å². The fourth-order valence-corrected chi connectivity index (χ4v) is 2.08. The highest BCUT2D eigenvalue weighted by molar-refractivity contribution is 5.59. The molecule has 2 rings (SSSR count). The Balaban J connectivity index is 2.69. The molecule has 1 aromatic heterocycles. The average Bonchev–Trinajstić information content (AvgIpc) is 2.36. The summed E-state index contributed by atoms with van der Waals surface area (Å²) in [6.45, 7) is 13.1. The van der Waals surface area contributed by atoms with Gasteiger partial charge < -0.3 is 0 Å². The van der Waals surface area contributed by atoms with Crippen LogP contribution >= 0.6 is 0 Å². The SMILES string of the molecule is CC(C)(C)c1cc(-c2ncnc(=O)[nH]2)cc(C(C)(C)C)c1. The van der Waals surface area contributed by atoms with Gasteiger partial charge in [0.15, 0.2) is 0 Å². The topological polar surface area (TPSA) is 58.6 Å². The van der Waals surface area contributed by atoms with Crippen LogP contribution in [-0.4, -0.2) is 15.0 Å². The van der Waals surface area contributed by atoms with Gasteiger partial charge in [-0.05, 0) is 34.1 Å². The zero-order valence-corrected chi connectivity index (χ0v) is 13.6. The first-order chi connectivity index (χ1) is 9.57. The van der Waals surface area contributed by atoms with Gasteiger partial charge in [-0.25, -0.2) is 9.78 Å². The molecule has 0 unspecified atom stereocenters. The van der Waals surface area contributed by atoms with Crippen molar-refractivity contribution in [1.82, 2.24) is 15.0 Å². The third-order valence-corrected chi connectivity index (χ3v) is 3.53. The second-order valence-corrected chi connectivity index (χ2v) is 7.45. The van der Waals surface area contributed by atoms with E-state index in [1.807, 2.05) is 0 Å². The molecule has 0 fully saturated rings. The molecule has 0 radical (unpaired) electrons. The zero-order valence-electron chi connectivity index (χ0n) is 13.6. The van der Waals surface area contributed by atoms with Gasteiger partial charge in [-0.1, -0.05) is 47.6 Å². The Morgan fingerprint density at radius 2 is 1.38 bits per heavy atom. The summed E-state index contributed by atoms with van der Waals surface area (Å²) < 4.78 is 0. The molecule has 0 aliphatic carbocycles. The minimum absolute atomic E-state index is 0.0311. The molecule has 112 valence electrons. The van der Waals surface area contributed by atoms with Gasteiger partial charge >= 0.3 is 5.69 Å². The van der Waals surface area contributed by atoms with Crippen molar-refractivity contribution in [2.75, 3.05) is 0 Å². The fourth-order valence-electron chi connectivity index (χ4n) is 2.08. The van der Waals surface area contributed by atoms with E-state index in [-0.39, 0.29) is 16.5 Å². The summed E-state index contributed by atoms with van der Waals surface area (Å²) in [6, 6.07) is 6.42. The molecule has 0 spiro atoms. The van der Waals surface area contributed by atoms with Crippen LogP contribution in [0.15, 0.2) is 29.3 Å². The van der Waals surface area contributed by atoms with Gasteiger partial charge in [-0.15, -0.1) is 0 Å². The molecule has 4 heteroatoms. The maximum absolute atomic E-state index is 11.4. The smallest absolute Gasteiger partial charge is 0.290 e. The molecule has 1 N–H and O–H groups in total. The number of benzene rings is 1. The van der Waals surface area contributed by atoms with Gasteiger partial charge in [0.2, 0.25) is 0 Å². The lowest BCUT2D eigenvalue weighted by Gasteiger charge is -2.26. The first-order valence-corrected chi connectivity index (χ1v) is 7.15. The number of nitrogens with one attached hydrogen (secondary N) is 1. The lowest BCUT2D eigenvalue weighted by atomic mass is 9.79. The molecule has 1 heterocycles. The Morgan fingerprint density at radius 1 is 0.857 bits per heavy atom. The van der Waals surface area contributed by atoms with Crippen LogP contribution in [0.25, 0.3) is 11.4 Å². The van der Waals surface area contributed by atoms with Crippen molar-refractivity contribution in [1.29, 1.82) is 0 Å². The fraction of sp³-hybridized carbons (Fsp3) is 0.471. The van der Waals surface area contributed by atoms with Crippen molar-refractivity contribution in [3.05, 3.63) is 46.1 Å². The van der Waals surface area contributed by atoms with Gasteiger partial charge in [0.05, 0.1) is 0 Å². The number of nitrogens with zero attached hydrogens (tertiary/aromatic N) is 2. The van der Waals surface area contributed by atoms with Crippen molar-refractivity contribution in [3.63, 3.8) is 0 Å². The first-order valence-electron chi connectivity index (χ1n) is 7.15. The quantitative estimate of drug-likeness (QED) is 0.873. The van der Waals surface area contributed by atoms with E-state index in [1.165, 1.54) is 17.5 Å². The third-order valence-electron chi connectivity index (χ3n) is 3.53. The molecule has 0 amide bonds. The van der Waals surface area contributed by atoms with Crippen LogP contribution in [0.3, 0.4) is 0 Å². The number of hydrogen-bond donors (Lipinski definition) is 1. The van der Waals surface area contributed by atoms with Crippen LogP contribution in [-0.2, 0) is 10.8 Å². The van der Waals surface area contributed by atoms with Gasteiger partial charge in [0.1, 0.15) is 12.2 Å². The molecule has 0 aliphatic rings. The number of H-pyrrole nitrogens is 1. The summed E-state index contributed by atoms with van der Waals surface area (Å²) >= 11 is 0. The Labute approximate surface area is 125 Å². The molecule has 4 nitrogen and oxygen atoms in total. The lowest BCUT2D eigenvalue weighted by Crippen LogP contribution is -2.17. The predicted octanol–water partition coefficient (Wildman–Crippen LogP) is 3.43. The molecule has 0 aliphatic heterocycles. The predicted molar refractivity (Wildman–Crippen MR) is 85.5 cm³/mol. The monoisotopic (exact) mass is 285 g/mol. The van der Waals surface area contributed by atoms with E-state index in [9.17, 15) is 4.79 Å². The molecule has 2 aromatic rings. The number of hydrogen-bond acceptors (Lipinski definition) is 3. The van der Waals surface area contributed by atoms with Crippen molar-refractivity contribution in [3.8, 4) is 11.4 Å². The Kier molecular flexibility index (Phi) is 3.74. The van der Waals surface area contributed by atoms with Crippen molar-refractivity contribution < 1.29 is 0 Å². The molecule has 0 atom stereocenters. The minimum Gasteiger partial charge on any atom is -0.290 e. The van der Waals surface area contributed by atoms with Crippen molar-refractivity contribution in [2.45, 2.75) is 52.4 Å². The second kappa shape index (κ2) is 5.10. The van der Waals surface area contributed by atoms with Crippen LogP contribution in [0.1, 0.15) is 52.7 Å². The van der Waals surface area contributed by atoms with E-state index in [2.05, 4.69) is 74.7 Å². The maximum atomic E-state index is 11.4. The summed E-state index contributed by atoms with van der Waals surface area (Å²) in [4.78, 5) is 21.9. The largest absolute Gasteiger partial charge is 0.348 e. The number of aromatic amines is 1. The minimum atomic E-state index is -0.376. The Morgan fingerprint density at radius 3 is 1.81 bits per heavy atom. The van der Waals surface area contributed by atoms with E-state index < -0.39 is 0 Å². The van der Waals surface area contributed by atoms with E-state index in [0.717, 1.165) is 5.56 Å². The lowest BCUT2D eigenvalue weighted by molar-refractivity contribution is 0.569. The van der Waals surface area contributed by atoms with E-state index in [0.29, 0.717) is 5.82 Å². The third kappa shape index (κ3) is 3.57. The van der Waals surface area contributed by atoms with Crippen molar-refractivity contribution in [2.24, 2.45) is 0 Å². The summed E-state index contributed by atoms with van der Waals surface area (Å²) in [6.07, 6.45) is 1.30. The van der Waals surface area contributed by atoms with Gasteiger partial charge in [-0.2, -0.15) is 4.98 Å². The normalized spacial score (nSPS) is 12.5. The number of aromatic nitrogens is 3. The highest BCUT2D eigenvalue weighted by atomic mass is 16.1. The maximum Gasteiger partial charge on any atom is 0.348 e. The van der Waals surface area contributed by atoms with Crippen molar-refractivity contribution >= 4 is 0 Å². The Bertz CT molecular complexity index is 671. The highest BCUT2D eigenvalue weighted by Gasteiger charge is 2.21. The van der Waals surface area contributed by atoms with Crippen LogP contribution in [0, 0.1) is 0 Å². The molecular formula is C17H23N3O. The van der Waals surface area contributed by atoms with Crippen LogP contribution in [0.4, 0.5) is 0 Å². The summed E-state index contributed by atoms with van der Waals surface area (Å²) in [5, 5.41) is 0. The molecule has 0 saturated carbocycles. The number of rotatable bonds is 1. The standard InChI is InChI=1S/C17H23N3O/c1-16(2,3)12-7-11(8-13(9-12)17(4,5)6)14-18-10-19-15(21)20-14/h7-10H,1-6H3,(H,18,19,20,21). The van der Waals surface area contributed by atoms with E-state index in [1.54, 1.807) is 0 Å². The second-order valence-electron chi connectivity index (χ2n) is 7.45. The van der Waals surface area contributed by atoms with Crippen LogP contribution in [0.5, 0.6) is 0 Å². The summed E-state index contributed by atoms with van der Waals surface area (Å²) in [7, 11) is 0. The molecular weight excluding hydrogens is 262 g/mol.